The van der Waals surface area contributed by atoms with Crippen molar-refractivity contribution in [3.05, 3.63) is 39.3 Å². The summed E-state index contributed by atoms with van der Waals surface area (Å²) in [5.74, 6) is -1.67. The molecule has 1 heterocycles. The number of ether oxygens (including phenoxy) is 4. The first-order valence-electron chi connectivity index (χ1n) is 9.90. The summed E-state index contributed by atoms with van der Waals surface area (Å²) in [4.78, 5) is 49.7. The van der Waals surface area contributed by atoms with Crippen LogP contribution < -0.4 is 20.1 Å². The predicted octanol–water partition coefficient (Wildman–Crippen LogP) is 2.71. The van der Waals surface area contributed by atoms with Crippen LogP contribution in [0.1, 0.15) is 48.4 Å². The second-order valence-electron chi connectivity index (χ2n) is 6.69. The first-order valence-corrected chi connectivity index (χ1v) is 10.7. The highest BCUT2D eigenvalue weighted by molar-refractivity contribution is 7.18. The highest BCUT2D eigenvalue weighted by Crippen LogP contribution is 2.34. The number of carbonyl (C=O) groups excluding carboxylic acids is 4. The quantitative estimate of drug-likeness (QED) is 0.527. The van der Waals surface area contributed by atoms with Gasteiger partial charge in [0.15, 0.2) is 6.61 Å². The summed E-state index contributed by atoms with van der Waals surface area (Å²) in [6, 6.07) is 2.96. The van der Waals surface area contributed by atoms with Gasteiger partial charge < -0.3 is 29.6 Å². The highest BCUT2D eigenvalue weighted by atomic mass is 32.1. The summed E-state index contributed by atoms with van der Waals surface area (Å²) in [7, 11) is 4.38. The number of thiophene rings is 1. The largest absolute Gasteiger partial charge is 0.496 e. The molecule has 178 valence electrons. The number of esters is 2. The van der Waals surface area contributed by atoms with Crippen LogP contribution in [0.2, 0.25) is 0 Å². The maximum Gasteiger partial charge on any atom is 0.341 e. The molecule has 0 bridgehead atoms. The van der Waals surface area contributed by atoms with E-state index >= 15 is 0 Å². The molecule has 0 saturated heterocycles. The van der Waals surface area contributed by atoms with Crippen molar-refractivity contribution in [2.75, 3.05) is 39.8 Å². The van der Waals surface area contributed by atoms with E-state index in [1.165, 1.54) is 33.4 Å². The summed E-state index contributed by atoms with van der Waals surface area (Å²) in [5, 5.41) is 5.14. The SMILES string of the molecule is CCOC(=O)c1c(NC(=O)COC(=O)c2cc(OC)c(C)c(OC)c2)sc(C(=O)NC)c1C. The lowest BCUT2D eigenvalue weighted by molar-refractivity contribution is -0.119. The minimum absolute atomic E-state index is 0.0770. The predicted molar refractivity (Wildman–Crippen MR) is 122 cm³/mol. The second-order valence-corrected chi connectivity index (χ2v) is 7.71. The Kier molecular flexibility index (Phi) is 8.80. The zero-order chi connectivity index (χ0) is 24.7. The molecule has 0 fully saturated rings. The number of anilines is 1. The fourth-order valence-electron chi connectivity index (χ4n) is 2.96. The van der Waals surface area contributed by atoms with Gasteiger partial charge in [0, 0.05) is 12.6 Å². The molecule has 2 aromatic rings. The average molecular weight is 479 g/mol. The third kappa shape index (κ3) is 5.80. The number of rotatable bonds is 9. The Labute approximate surface area is 195 Å². The fourth-order valence-corrected chi connectivity index (χ4v) is 4.12. The monoisotopic (exact) mass is 478 g/mol. The Balaban J connectivity index is 2.19. The molecular weight excluding hydrogens is 452 g/mol. The Bertz CT molecular complexity index is 1050. The molecule has 33 heavy (non-hydrogen) atoms. The third-order valence-electron chi connectivity index (χ3n) is 4.63. The van der Waals surface area contributed by atoms with Crippen LogP contribution in [-0.4, -0.2) is 58.2 Å². The average Bonchev–Trinajstić information content (AvgIpc) is 3.12. The van der Waals surface area contributed by atoms with E-state index in [0.717, 1.165) is 11.3 Å². The summed E-state index contributed by atoms with van der Waals surface area (Å²) in [5.41, 5.74) is 1.31. The molecule has 1 aromatic heterocycles. The van der Waals surface area contributed by atoms with Crippen LogP contribution in [0.25, 0.3) is 0 Å². The fraction of sp³-hybridized carbons (Fsp3) is 0.364. The van der Waals surface area contributed by atoms with Gasteiger partial charge in [-0.3, -0.25) is 9.59 Å². The van der Waals surface area contributed by atoms with E-state index in [-0.39, 0.29) is 27.6 Å². The van der Waals surface area contributed by atoms with Gasteiger partial charge in [0.1, 0.15) is 16.5 Å². The topological polar surface area (TPSA) is 129 Å². The minimum Gasteiger partial charge on any atom is -0.496 e. The van der Waals surface area contributed by atoms with Crippen molar-refractivity contribution >= 4 is 40.1 Å². The molecule has 0 spiro atoms. The van der Waals surface area contributed by atoms with E-state index in [0.29, 0.717) is 22.6 Å². The van der Waals surface area contributed by atoms with Crippen molar-refractivity contribution < 1.29 is 38.1 Å². The van der Waals surface area contributed by atoms with Gasteiger partial charge in [0.2, 0.25) is 0 Å². The van der Waals surface area contributed by atoms with Gasteiger partial charge in [-0.2, -0.15) is 0 Å². The molecule has 0 unspecified atom stereocenters. The van der Waals surface area contributed by atoms with E-state index in [4.69, 9.17) is 18.9 Å². The molecule has 0 saturated carbocycles. The molecule has 2 rings (SSSR count). The van der Waals surface area contributed by atoms with Gasteiger partial charge in [-0.25, -0.2) is 9.59 Å². The Morgan fingerprint density at radius 2 is 1.55 bits per heavy atom. The van der Waals surface area contributed by atoms with Crippen molar-refractivity contribution in [2.45, 2.75) is 20.8 Å². The van der Waals surface area contributed by atoms with Gasteiger partial charge in [-0.15, -0.1) is 11.3 Å². The molecule has 0 radical (unpaired) electrons. The van der Waals surface area contributed by atoms with Crippen LogP contribution in [0.4, 0.5) is 5.00 Å². The summed E-state index contributed by atoms with van der Waals surface area (Å²) in [6.45, 7) is 4.51. The summed E-state index contributed by atoms with van der Waals surface area (Å²) >= 11 is 0.925. The Morgan fingerprint density at radius 1 is 0.939 bits per heavy atom. The second kappa shape index (κ2) is 11.3. The number of amides is 2. The van der Waals surface area contributed by atoms with Gasteiger partial charge in [-0.1, -0.05) is 0 Å². The standard InChI is InChI=1S/C22H26N2O8S/c1-7-31-22(28)17-12(3)18(19(26)23-4)33-20(17)24-16(25)10-32-21(27)13-8-14(29-5)11(2)15(9-13)30-6/h8-9H,7,10H2,1-6H3,(H,23,26)(H,24,25). The van der Waals surface area contributed by atoms with Crippen LogP contribution in [-0.2, 0) is 14.3 Å². The lowest BCUT2D eigenvalue weighted by Gasteiger charge is -2.12. The van der Waals surface area contributed by atoms with Crippen LogP contribution in [0.3, 0.4) is 0 Å². The molecule has 2 N–H and O–H groups in total. The molecule has 11 heteroatoms. The number of nitrogens with one attached hydrogen (secondary N) is 2. The van der Waals surface area contributed by atoms with E-state index in [1.807, 2.05) is 0 Å². The van der Waals surface area contributed by atoms with Crippen LogP contribution in [0.5, 0.6) is 11.5 Å². The lowest BCUT2D eigenvalue weighted by atomic mass is 10.1. The van der Waals surface area contributed by atoms with Crippen molar-refractivity contribution in [3.8, 4) is 11.5 Å². The minimum atomic E-state index is -0.763. The van der Waals surface area contributed by atoms with Gasteiger partial charge in [0.05, 0.1) is 36.8 Å². The molecule has 0 aliphatic rings. The summed E-state index contributed by atoms with van der Waals surface area (Å²) in [6.07, 6.45) is 0. The molecule has 0 atom stereocenters. The first-order chi connectivity index (χ1) is 15.7. The van der Waals surface area contributed by atoms with Crippen LogP contribution in [0, 0.1) is 13.8 Å². The number of carbonyl (C=O) groups is 4. The van der Waals surface area contributed by atoms with E-state index in [2.05, 4.69) is 10.6 Å². The van der Waals surface area contributed by atoms with Gasteiger partial charge >= 0.3 is 11.9 Å². The maximum absolute atomic E-state index is 12.5. The molecular formula is C22H26N2O8S. The van der Waals surface area contributed by atoms with Crippen molar-refractivity contribution in [1.29, 1.82) is 0 Å². The molecule has 0 aliphatic heterocycles. The van der Waals surface area contributed by atoms with Crippen LogP contribution >= 0.6 is 11.3 Å². The molecule has 10 nitrogen and oxygen atoms in total. The maximum atomic E-state index is 12.5. The number of hydrogen-bond donors (Lipinski definition) is 2. The molecule has 2 amide bonds. The number of benzene rings is 1. The summed E-state index contributed by atoms with van der Waals surface area (Å²) < 4.78 is 20.6. The first kappa shape index (κ1) is 25.7. The Hall–Kier alpha value is -3.60. The number of hydrogen-bond acceptors (Lipinski definition) is 9. The zero-order valence-electron chi connectivity index (χ0n) is 19.2. The van der Waals surface area contributed by atoms with E-state index < -0.39 is 30.4 Å². The van der Waals surface area contributed by atoms with Crippen molar-refractivity contribution in [3.63, 3.8) is 0 Å². The van der Waals surface area contributed by atoms with Crippen LogP contribution in [0.15, 0.2) is 12.1 Å². The van der Waals surface area contributed by atoms with E-state index in [1.54, 1.807) is 20.8 Å². The van der Waals surface area contributed by atoms with E-state index in [9.17, 15) is 19.2 Å². The molecule has 1 aromatic carbocycles. The van der Waals surface area contributed by atoms with Gasteiger partial charge in [0.25, 0.3) is 11.8 Å². The normalized spacial score (nSPS) is 10.2. The highest BCUT2D eigenvalue weighted by Gasteiger charge is 2.26. The third-order valence-corrected chi connectivity index (χ3v) is 5.84. The van der Waals surface area contributed by atoms with Gasteiger partial charge in [-0.05, 0) is 38.5 Å². The lowest BCUT2D eigenvalue weighted by Crippen LogP contribution is -2.22. The smallest absolute Gasteiger partial charge is 0.341 e. The zero-order valence-corrected chi connectivity index (χ0v) is 20.1. The van der Waals surface area contributed by atoms with Crippen molar-refractivity contribution in [1.82, 2.24) is 5.32 Å². The van der Waals surface area contributed by atoms with Crippen molar-refractivity contribution in [2.24, 2.45) is 0 Å². The Morgan fingerprint density at radius 3 is 2.06 bits per heavy atom. The number of methoxy groups -OCH3 is 2. The molecule has 0 aliphatic carbocycles.